The number of alkyl halides is 3. The molecule has 0 atom stereocenters. The lowest BCUT2D eigenvalue weighted by molar-refractivity contribution is -0.274. The summed E-state index contributed by atoms with van der Waals surface area (Å²) in [5.41, 5.74) is 2.67. The second kappa shape index (κ2) is 12.2. The van der Waals surface area contributed by atoms with Crippen molar-refractivity contribution in [2.45, 2.75) is 26.1 Å². The maximum absolute atomic E-state index is 12.7. The third-order valence-corrected chi connectivity index (χ3v) is 5.97. The van der Waals surface area contributed by atoms with Gasteiger partial charge >= 0.3 is 6.36 Å². The van der Waals surface area contributed by atoms with Crippen molar-refractivity contribution < 1.29 is 22.7 Å². The van der Waals surface area contributed by atoms with E-state index in [-0.39, 0.29) is 5.56 Å². The number of hydrogen-bond donors (Lipinski definition) is 3. The molecule has 1 amide bonds. The van der Waals surface area contributed by atoms with E-state index in [1.54, 1.807) is 36.1 Å². The molecule has 2 aromatic carbocycles. The van der Waals surface area contributed by atoms with E-state index in [2.05, 4.69) is 40.7 Å². The Morgan fingerprint density at radius 2 is 1.93 bits per heavy atom. The number of carbonyl (C=O) groups is 1. The van der Waals surface area contributed by atoms with Crippen LogP contribution in [0.5, 0.6) is 5.75 Å². The van der Waals surface area contributed by atoms with Gasteiger partial charge in [-0.25, -0.2) is 9.67 Å². The summed E-state index contributed by atoms with van der Waals surface area (Å²) in [5.74, 6) is 0.00955. The van der Waals surface area contributed by atoms with Gasteiger partial charge in [0.15, 0.2) is 11.5 Å². The molecule has 0 radical (unpaired) electrons. The third kappa shape index (κ3) is 7.59. The highest BCUT2D eigenvalue weighted by atomic mass is 19.4. The summed E-state index contributed by atoms with van der Waals surface area (Å²) in [6.07, 6.45) is -1.08. The van der Waals surface area contributed by atoms with Crippen LogP contribution in [0.15, 0.2) is 48.7 Å². The van der Waals surface area contributed by atoms with E-state index in [9.17, 15) is 18.0 Å². The Balaban J connectivity index is 1.46. The van der Waals surface area contributed by atoms with Crippen LogP contribution < -0.4 is 20.7 Å². The van der Waals surface area contributed by atoms with Gasteiger partial charge in [-0.15, -0.1) is 13.2 Å². The van der Waals surface area contributed by atoms with Crippen LogP contribution in [-0.2, 0) is 7.05 Å². The molecular formula is C27H31F3N8O2. The standard InChI is InChI=1S/C27H31F3N8O2/c1-17-10-11-19(33-25(39)18-8-7-9-20(14-18)40-27(28,29)30)15-22(17)34-23-21-16-32-26(35-24(21)38(4)36-23)31-12-5-6-13-37(2)3/h7-11,14-16H,5-6,12-13H2,1-4H3,(H,33,39)(H,34,36)(H,31,32,35). The maximum atomic E-state index is 12.7. The molecule has 0 aliphatic heterocycles. The molecule has 0 saturated heterocycles. The highest BCUT2D eigenvalue weighted by Gasteiger charge is 2.31. The quantitative estimate of drug-likeness (QED) is 0.213. The van der Waals surface area contributed by atoms with Crippen LogP contribution in [0.4, 0.5) is 36.3 Å². The van der Waals surface area contributed by atoms with Crippen LogP contribution in [0, 0.1) is 6.92 Å². The van der Waals surface area contributed by atoms with Gasteiger partial charge in [-0.2, -0.15) is 10.1 Å². The molecule has 0 fully saturated rings. The first-order valence-corrected chi connectivity index (χ1v) is 12.6. The maximum Gasteiger partial charge on any atom is 0.573 e. The Hall–Kier alpha value is -4.39. The fourth-order valence-corrected chi connectivity index (χ4v) is 3.97. The molecule has 10 nitrogen and oxygen atoms in total. The molecular weight excluding hydrogens is 525 g/mol. The number of rotatable bonds is 11. The second-order valence-electron chi connectivity index (χ2n) is 9.52. The van der Waals surface area contributed by atoms with Crippen LogP contribution in [0.25, 0.3) is 11.0 Å². The van der Waals surface area contributed by atoms with Crippen molar-refractivity contribution in [1.29, 1.82) is 0 Å². The Kier molecular flexibility index (Phi) is 8.73. The summed E-state index contributed by atoms with van der Waals surface area (Å²) in [7, 11) is 5.89. The van der Waals surface area contributed by atoms with E-state index in [1.807, 2.05) is 21.0 Å². The first-order valence-electron chi connectivity index (χ1n) is 12.6. The van der Waals surface area contributed by atoms with Crippen LogP contribution in [0.2, 0.25) is 0 Å². The fraction of sp³-hybridized carbons (Fsp3) is 0.333. The smallest absolute Gasteiger partial charge is 0.406 e. The number of anilines is 4. The van der Waals surface area contributed by atoms with Gasteiger partial charge in [0.25, 0.3) is 5.91 Å². The minimum Gasteiger partial charge on any atom is -0.406 e. The molecule has 2 heterocycles. The van der Waals surface area contributed by atoms with Crippen molar-refractivity contribution >= 4 is 40.1 Å². The van der Waals surface area contributed by atoms with Crippen LogP contribution in [-0.4, -0.2) is 64.1 Å². The minimum atomic E-state index is -4.85. The van der Waals surface area contributed by atoms with E-state index in [4.69, 9.17) is 0 Å². The van der Waals surface area contributed by atoms with Crippen molar-refractivity contribution in [2.24, 2.45) is 7.05 Å². The fourth-order valence-electron chi connectivity index (χ4n) is 3.97. The normalized spacial score (nSPS) is 11.6. The summed E-state index contributed by atoms with van der Waals surface area (Å²) in [6.45, 7) is 3.68. The number of ether oxygens (including phenoxy) is 1. The Morgan fingerprint density at radius 3 is 2.67 bits per heavy atom. The second-order valence-corrected chi connectivity index (χ2v) is 9.52. The summed E-state index contributed by atoms with van der Waals surface area (Å²) >= 11 is 0. The highest BCUT2D eigenvalue weighted by molar-refractivity contribution is 6.04. The van der Waals surface area contributed by atoms with Crippen LogP contribution in [0.3, 0.4) is 0 Å². The lowest BCUT2D eigenvalue weighted by atomic mass is 10.1. The number of aryl methyl sites for hydroxylation is 2. The first kappa shape index (κ1) is 28.6. The number of amides is 1. The number of nitrogens with one attached hydrogen (secondary N) is 3. The van der Waals surface area contributed by atoms with Crippen molar-refractivity contribution in [1.82, 2.24) is 24.6 Å². The molecule has 4 aromatic rings. The Morgan fingerprint density at radius 1 is 1.12 bits per heavy atom. The number of carbonyl (C=O) groups excluding carboxylic acids is 1. The van der Waals surface area contributed by atoms with Crippen molar-refractivity contribution in [3.05, 3.63) is 59.8 Å². The molecule has 0 aliphatic carbocycles. The molecule has 212 valence electrons. The van der Waals surface area contributed by atoms with Gasteiger partial charge in [0.05, 0.1) is 5.39 Å². The van der Waals surface area contributed by atoms with E-state index in [0.717, 1.165) is 49.0 Å². The molecule has 2 aromatic heterocycles. The highest BCUT2D eigenvalue weighted by Crippen LogP contribution is 2.29. The van der Waals surface area contributed by atoms with Gasteiger partial charge in [0, 0.05) is 36.7 Å². The molecule has 0 bridgehead atoms. The molecule has 0 aliphatic rings. The number of benzene rings is 2. The SMILES string of the molecule is Cc1ccc(NC(=O)c2cccc(OC(F)(F)F)c2)cc1Nc1nn(C)c2nc(NCCCCN(C)C)ncc12. The zero-order chi connectivity index (χ0) is 28.9. The van der Waals surface area contributed by atoms with Gasteiger partial charge in [-0.1, -0.05) is 12.1 Å². The van der Waals surface area contributed by atoms with Gasteiger partial charge in [0.2, 0.25) is 5.95 Å². The molecule has 0 unspecified atom stereocenters. The van der Waals surface area contributed by atoms with Gasteiger partial charge in [0.1, 0.15) is 5.75 Å². The third-order valence-electron chi connectivity index (χ3n) is 5.97. The van der Waals surface area contributed by atoms with Gasteiger partial charge in [-0.3, -0.25) is 4.79 Å². The molecule has 4 rings (SSSR count). The Bertz CT molecular complexity index is 1490. The van der Waals surface area contributed by atoms with Crippen LogP contribution in [0.1, 0.15) is 28.8 Å². The van der Waals surface area contributed by atoms with E-state index in [1.165, 1.54) is 12.1 Å². The zero-order valence-electron chi connectivity index (χ0n) is 22.6. The van der Waals surface area contributed by atoms with E-state index < -0.39 is 18.0 Å². The molecule has 0 saturated carbocycles. The monoisotopic (exact) mass is 556 g/mol. The van der Waals surface area contributed by atoms with Crippen LogP contribution >= 0.6 is 0 Å². The summed E-state index contributed by atoms with van der Waals surface area (Å²) < 4.78 is 43.2. The largest absolute Gasteiger partial charge is 0.573 e. The lowest BCUT2D eigenvalue weighted by Gasteiger charge is -2.12. The average molecular weight is 557 g/mol. The number of fused-ring (bicyclic) bond motifs is 1. The van der Waals surface area contributed by atoms with Crippen molar-refractivity contribution in [3.63, 3.8) is 0 Å². The number of nitrogens with zero attached hydrogens (tertiary/aromatic N) is 5. The predicted molar refractivity (Wildman–Crippen MR) is 148 cm³/mol. The van der Waals surface area contributed by atoms with Crippen molar-refractivity contribution in [2.75, 3.05) is 43.1 Å². The average Bonchev–Trinajstić information content (AvgIpc) is 3.19. The number of unbranched alkanes of at least 4 members (excludes halogenated alkanes) is 1. The zero-order valence-corrected chi connectivity index (χ0v) is 22.6. The first-order chi connectivity index (χ1) is 19.0. The molecule has 3 N–H and O–H groups in total. The van der Waals surface area contributed by atoms with E-state index >= 15 is 0 Å². The number of hydrogen-bond acceptors (Lipinski definition) is 8. The molecule has 13 heteroatoms. The van der Waals surface area contributed by atoms with Gasteiger partial charge in [-0.05, 0) is 76.3 Å². The topological polar surface area (TPSA) is 109 Å². The summed E-state index contributed by atoms with van der Waals surface area (Å²) in [6, 6.07) is 10.1. The summed E-state index contributed by atoms with van der Waals surface area (Å²) in [4.78, 5) is 23.9. The lowest BCUT2D eigenvalue weighted by Crippen LogP contribution is -2.18. The van der Waals surface area contributed by atoms with Gasteiger partial charge < -0.3 is 25.6 Å². The molecule has 40 heavy (non-hydrogen) atoms. The van der Waals surface area contributed by atoms with E-state index in [0.29, 0.717) is 28.8 Å². The Labute approximate surface area is 229 Å². The minimum absolute atomic E-state index is 0.0202. The summed E-state index contributed by atoms with van der Waals surface area (Å²) in [5, 5.41) is 14.5. The number of aromatic nitrogens is 4. The molecule has 0 spiro atoms. The van der Waals surface area contributed by atoms with Crippen molar-refractivity contribution in [3.8, 4) is 5.75 Å². The predicted octanol–water partition coefficient (Wildman–Crippen LogP) is 5.32. The number of halogens is 3.